The third-order valence-corrected chi connectivity index (χ3v) is 8.05. The number of carbonyl (C=O) groups excluding carboxylic acids is 1. The summed E-state index contributed by atoms with van der Waals surface area (Å²) in [5.41, 5.74) is 0.996. The van der Waals surface area contributed by atoms with Crippen LogP contribution in [0.1, 0.15) is 31.4 Å². The van der Waals surface area contributed by atoms with Crippen molar-refractivity contribution in [1.82, 2.24) is 9.62 Å². The number of nitrogens with one attached hydrogen (secondary N) is 1. The molecule has 0 aliphatic carbocycles. The average Bonchev–Trinajstić information content (AvgIpc) is 2.83. The van der Waals surface area contributed by atoms with Crippen molar-refractivity contribution in [3.8, 4) is 5.75 Å². The van der Waals surface area contributed by atoms with Crippen LogP contribution in [0, 0.1) is 5.92 Å². The second kappa shape index (κ2) is 9.30. The maximum Gasteiger partial charge on any atom is 0.243 e. The number of carbonyl (C=O) groups is 1. The van der Waals surface area contributed by atoms with E-state index in [0.717, 1.165) is 22.1 Å². The van der Waals surface area contributed by atoms with Crippen LogP contribution in [0.5, 0.6) is 5.75 Å². The Labute approximate surface area is 189 Å². The first-order valence-corrected chi connectivity index (χ1v) is 12.3. The second-order valence-corrected chi connectivity index (χ2v) is 10.1. The van der Waals surface area contributed by atoms with Gasteiger partial charge in [0.1, 0.15) is 5.75 Å². The summed E-state index contributed by atoms with van der Waals surface area (Å²) in [6, 6.07) is 20.4. The lowest BCUT2D eigenvalue weighted by molar-refractivity contribution is -0.126. The van der Waals surface area contributed by atoms with Gasteiger partial charge in [-0.3, -0.25) is 4.79 Å². The molecule has 1 unspecified atom stereocenters. The lowest BCUT2D eigenvalue weighted by Gasteiger charge is -2.31. The van der Waals surface area contributed by atoms with E-state index in [1.807, 2.05) is 61.5 Å². The Hall–Kier alpha value is -2.90. The van der Waals surface area contributed by atoms with Crippen LogP contribution >= 0.6 is 0 Å². The van der Waals surface area contributed by atoms with Crippen LogP contribution in [0.15, 0.2) is 71.6 Å². The molecular formula is C25H28N2O4S. The standard InChI is InChI=1S/C25H28N2O4S/c1-18(19-7-10-23(31-2)11-8-19)26-25(28)21-13-15-27(16-14-21)32(29,30)24-12-9-20-5-3-4-6-22(20)17-24/h3-12,17-18,21H,13-16H2,1-2H3,(H,26,28). The molecule has 4 rings (SSSR count). The third-order valence-electron chi connectivity index (χ3n) is 6.16. The number of benzene rings is 3. The number of sulfonamides is 1. The summed E-state index contributed by atoms with van der Waals surface area (Å²) >= 11 is 0. The molecule has 1 heterocycles. The molecule has 0 radical (unpaired) electrons. The molecule has 1 aliphatic heterocycles. The Bertz CT molecular complexity index is 1200. The highest BCUT2D eigenvalue weighted by Crippen LogP contribution is 2.27. The van der Waals surface area contributed by atoms with E-state index in [2.05, 4.69) is 5.32 Å². The predicted molar refractivity (Wildman–Crippen MR) is 125 cm³/mol. The van der Waals surface area contributed by atoms with Crippen molar-refractivity contribution in [2.45, 2.75) is 30.7 Å². The lowest BCUT2D eigenvalue weighted by Crippen LogP contribution is -2.43. The molecule has 1 N–H and O–H groups in total. The van der Waals surface area contributed by atoms with Gasteiger partial charge in [-0.25, -0.2) is 8.42 Å². The number of ether oxygens (including phenoxy) is 1. The van der Waals surface area contributed by atoms with Crippen LogP contribution in [-0.2, 0) is 14.8 Å². The van der Waals surface area contributed by atoms with Gasteiger partial charge >= 0.3 is 0 Å². The molecule has 1 saturated heterocycles. The average molecular weight is 453 g/mol. The van der Waals surface area contributed by atoms with Crippen molar-refractivity contribution < 1.29 is 17.9 Å². The number of amides is 1. The molecule has 3 aromatic carbocycles. The molecule has 3 aromatic rings. The minimum Gasteiger partial charge on any atom is -0.497 e. The first-order valence-electron chi connectivity index (χ1n) is 10.8. The zero-order valence-electron chi connectivity index (χ0n) is 18.3. The van der Waals surface area contributed by atoms with Gasteiger partial charge in [0.15, 0.2) is 0 Å². The van der Waals surface area contributed by atoms with Crippen LogP contribution in [0.3, 0.4) is 0 Å². The zero-order valence-corrected chi connectivity index (χ0v) is 19.1. The van der Waals surface area contributed by atoms with Gasteiger partial charge in [-0.2, -0.15) is 4.31 Å². The molecule has 0 aromatic heterocycles. The van der Waals surface area contributed by atoms with Crippen LogP contribution in [0.2, 0.25) is 0 Å². The van der Waals surface area contributed by atoms with Crippen molar-refractivity contribution in [3.05, 3.63) is 72.3 Å². The molecule has 0 spiro atoms. The monoisotopic (exact) mass is 452 g/mol. The fourth-order valence-corrected chi connectivity index (χ4v) is 5.65. The summed E-state index contributed by atoms with van der Waals surface area (Å²) in [6.07, 6.45) is 1.02. The fraction of sp³-hybridized carbons (Fsp3) is 0.320. The molecule has 6 nitrogen and oxygen atoms in total. The molecule has 1 fully saturated rings. The largest absolute Gasteiger partial charge is 0.497 e. The van der Waals surface area contributed by atoms with E-state index in [-0.39, 0.29) is 17.9 Å². The molecule has 0 bridgehead atoms. The van der Waals surface area contributed by atoms with Gasteiger partial charge in [0.25, 0.3) is 0 Å². The minimum atomic E-state index is -3.59. The SMILES string of the molecule is COc1ccc(C(C)NC(=O)C2CCN(S(=O)(=O)c3ccc4ccccc4c3)CC2)cc1. The Balaban J connectivity index is 1.37. The zero-order chi connectivity index (χ0) is 22.7. The highest BCUT2D eigenvalue weighted by atomic mass is 32.2. The van der Waals surface area contributed by atoms with E-state index >= 15 is 0 Å². The molecule has 168 valence electrons. The van der Waals surface area contributed by atoms with E-state index in [1.54, 1.807) is 19.2 Å². The highest BCUT2D eigenvalue weighted by Gasteiger charge is 2.32. The summed E-state index contributed by atoms with van der Waals surface area (Å²) in [5.74, 6) is 0.544. The Kier molecular flexibility index (Phi) is 6.48. The Morgan fingerprint density at radius 2 is 1.66 bits per heavy atom. The third kappa shape index (κ3) is 4.64. The normalized spacial score (nSPS) is 16.6. The minimum absolute atomic E-state index is 0.0314. The van der Waals surface area contributed by atoms with Crippen LogP contribution in [0.4, 0.5) is 0 Å². The van der Waals surface area contributed by atoms with Gasteiger partial charge in [-0.15, -0.1) is 0 Å². The van der Waals surface area contributed by atoms with E-state index in [9.17, 15) is 13.2 Å². The number of piperidine rings is 1. The summed E-state index contributed by atoms with van der Waals surface area (Å²) < 4.78 is 32.9. The highest BCUT2D eigenvalue weighted by molar-refractivity contribution is 7.89. The van der Waals surface area contributed by atoms with Gasteiger partial charge in [-0.05, 0) is 60.4 Å². The van der Waals surface area contributed by atoms with E-state index < -0.39 is 10.0 Å². The van der Waals surface area contributed by atoms with Crippen LogP contribution < -0.4 is 10.1 Å². The van der Waals surface area contributed by atoms with Gasteiger partial charge in [-0.1, -0.05) is 42.5 Å². The van der Waals surface area contributed by atoms with Crippen molar-refractivity contribution in [2.24, 2.45) is 5.92 Å². The van der Waals surface area contributed by atoms with Gasteiger partial charge in [0.05, 0.1) is 18.0 Å². The van der Waals surface area contributed by atoms with Crippen molar-refractivity contribution >= 4 is 26.7 Å². The number of hydrogen-bond acceptors (Lipinski definition) is 4. The quantitative estimate of drug-likeness (QED) is 0.610. The van der Waals surface area contributed by atoms with Crippen molar-refractivity contribution in [1.29, 1.82) is 0 Å². The number of hydrogen-bond donors (Lipinski definition) is 1. The van der Waals surface area contributed by atoms with E-state index in [0.29, 0.717) is 30.8 Å². The lowest BCUT2D eigenvalue weighted by atomic mass is 9.96. The Morgan fingerprint density at radius 3 is 2.31 bits per heavy atom. The van der Waals surface area contributed by atoms with Gasteiger partial charge < -0.3 is 10.1 Å². The molecular weight excluding hydrogens is 424 g/mol. The van der Waals surface area contributed by atoms with Gasteiger partial charge in [0.2, 0.25) is 15.9 Å². The number of fused-ring (bicyclic) bond motifs is 1. The summed E-state index contributed by atoms with van der Waals surface area (Å²) in [7, 11) is -1.97. The summed E-state index contributed by atoms with van der Waals surface area (Å²) in [6.45, 7) is 2.62. The summed E-state index contributed by atoms with van der Waals surface area (Å²) in [4.78, 5) is 13.1. The summed E-state index contributed by atoms with van der Waals surface area (Å²) in [5, 5.41) is 4.97. The van der Waals surface area contributed by atoms with Crippen molar-refractivity contribution in [2.75, 3.05) is 20.2 Å². The molecule has 1 atom stereocenters. The first-order chi connectivity index (χ1) is 15.4. The van der Waals surface area contributed by atoms with Gasteiger partial charge in [0, 0.05) is 19.0 Å². The molecule has 0 saturated carbocycles. The van der Waals surface area contributed by atoms with E-state index in [4.69, 9.17) is 4.74 Å². The smallest absolute Gasteiger partial charge is 0.243 e. The number of methoxy groups -OCH3 is 1. The van der Waals surface area contributed by atoms with Crippen LogP contribution in [0.25, 0.3) is 10.8 Å². The molecule has 7 heteroatoms. The predicted octanol–water partition coefficient (Wildman–Crippen LogP) is 4.13. The maximum absolute atomic E-state index is 13.1. The number of nitrogens with zero attached hydrogens (tertiary/aromatic N) is 1. The maximum atomic E-state index is 13.1. The fourth-order valence-electron chi connectivity index (χ4n) is 4.14. The van der Waals surface area contributed by atoms with E-state index in [1.165, 1.54) is 4.31 Å². The molecule has 1 amide bonds. The first kappa shape index (κ1) is 22.3. The second-order valence-electron chi connectivity index (χ2n) is 8.19. The topological polar surface area (TPSA) is 75.7 Å². The van der Waals surface area contributed by atoms with Crippen molar-refractivity contribution in [3.63, 3.8) is 0 Å². The van der Waals surface area contributed by atoms with Crippen LogP contribution in [-0.4, -0.2) is 38.8 Å². The number of rotatable bonds is 6. The molecule has 1 aliphatic rings. The molecule has 32 heavy (non-hydrogen) atoms. The Morgan fingerprint density at radius 1 is 1.00 bits per heavy atom.